The Balaban J connectivity index is 1.31. The maximum Gasteiger partial charge on any atom is 0.240 e. The van der Waals surface area contributed by atoms with Gasteiger partial charge in [-0.15, -0.1) is 11.3 Å². The van der Waals surface area contributed by atoms with Crippen LogP contribution >= 0.6 is 27.3 Å². The molecule has 2 amide bonds. The standard InChI is InChI=1S/C23H18BrN3O4S/c24-21-8-7-20(32-21)16-10-23(29)27(17-4-2-1-3-15(17)26-16)12-22(28)25-11-14-5-6-18-19(9-14)31-13-30-18/h1-9H,10-13H2,(H,25,28). The van der Waals surface area contributed by atoms with Crippen LogP contribution in [0, 0.1) is 0 Å². The van der Waals surface area contributed by atoms with E-state index in [1.807, 2.05) is 54.6 Å². The van der Waals surface area contributed by atoms with E-state index in [4.69, 9.17) is 14.5 Å². The lowest BCUT2D eigenvalue weighted by atomic mass is 10.2. The number of amides is 2. The molecule has 0 spiro atoms. The normalized spacial score (nSPS) is 14.6. The molecule has 7 nitrogen and oxygen atoms in total. The summed E-state index contributed by atoms with van der Waals surface area (Å²) in [6, 6.07) is 16.8. The molecule has 0 unspecified atom stereocenters. The average molecular weight is 512 g/mol. The summed E-state index contributed by atoms with van der Waals surface area (Å²) >= 11 is 4.99. The third kappa shape index (κ3) is 4.26. The second kappa shape index (κ2) is 8.76. The molecule has 0 atom stereocenters. The number of para-hydroxylation sites is 2. The second-order valence-corrected chi connectivity index (χ2v) is 9.73. The molecule has 0 bridgehead atoms. The minimum atomic E-state index is -0.256. The third-order valence-electron chi connectivity index (χ3n) is 5.13. The van der Waals surface area contributed by atoms with Crippen molar-refractivity contribution < 1.29 is 19.1 Å². The van der Waals surface area contributed by atoms with Gasteiger partial charge in [0.05, 0.1) is 32.2 Å². The molecule has 9 heteroatoms. The van der Waals surface area contributed by atoms with E-state index in [2.05, 4.69) is 21.2 Å². The van der Waals surface area contributed by atoms with Crippen LogP contribution in [0.15, 0.2) is 63.4 Å². The zero-order valence-corrected chi connectivity index (χ0v) is 19.2. The van der Waals surface area contributed by atoms with Gasteiger partial charge in [-0.05, 0) is 57.9 Å². The molecule has 2 aromatic carbocycles. The Morgan fingerprint density at radius 1 is 1.12 bits per heavy atom. The van der Waals surface area contributed by atoms with Crippen LogP contribution in [0.4, 0.5) is 11.4 Å². The van der Waals surface area contributed by atoms with E-state index in [9.17, 15) is 9.59 Å². The number of rotatable bonds is 5. The molecule has 0 radical (unpaired) electrons. The highest BCUT2D eigenvalue weighted by molar-refractivity contribution is 9.11. The summed E-state index contributed by atoms with van der Waals surface area (Å²) in [6.45, 7) is 0.440. The summed E-state index contributed by atoms with van der Waals surface area (Å²) in [4.78, 5) is 33.0. The van der Waals surface area contributed by atoms with Crippen LogP contribution in [0.2, 0.25) is 0 Å². The van der Waals surface area contributed by atoms with E-state index < -0.39 is 0 Å². The summed E-state index contributed by atoms with van der Waals surface area (Å²) in [5.74, 6) is 0.934. The van der Waals surface area contributed by atoms with Crippen LogP contribution in [-0.4, -0.2) is 30.9 Å². The quantitative estimate of drug-likeness (QED) is 0.549. The smallest absolute Gasteiger partial charge is 0.240 e. The van der Waals surface area contributed by atoms with Gasteiger partial charge in [0.25, 0.3) is 0 Å². The fourth-order valence-electron chi connectivity index (χ4n) is 3.58. The predicted octanol–water partition coefficient (Wildman–Crippen LogP) is 4.41. The first-order valence-corrected chi connectivity index (χ1v) is 11.6. The number of anilines is 1. The van der Waals surface area contributed by atoms with E-state index in [0.717, 1.165) is 14.2 Å². The largest absolute Gasteiger partial charge is 0.454 e. The molecule has 1 aromatic heterocycles. The maximum absolute atomic E-state index is 13.1. The topological polar surface area (TPSA) is 80.2 Å². The SMILES string of the molecule is O=C(CN1C(=O)CC(c2ccc(Br)s2)=Nc2ccccc21)NCc1ccc2c(c1)OCO2. The number of fused-ring (bicyclic) bond motifs is 2. The molecule has 2 aliphatic rings. The van der Waals surface area contributed by atoms with Gasteiger partial charge in [0.2, 0.25) is 18.6 Å². The van der Waals surface area contributed by atoms with Gasteiger partial charge >= 0.3 is 0 Å². The number of aliphatic imine (C=N–C) groups is 1. The Kier molecular flexibility index (Phi) is 5.67. The van der Waals surface area contributed by atoms with Crippen molar-refractivity contribution in [1.82, 2.24) is 5.32 Å². The summed E-state index contributed by atoms with van der Waals surface area (Å²) < 4.78 is 11.7. The van der Waals surface area contributed by atoms with Crippen LogP contribution in [0.3, 0.4) is 0 Å². The van der Waals surface area contributed by atoms with Gasteiger partial charge in [-0.3, -0.25) is 9.59 Å². The van der Waals surface area contributed by atoms with Gasteiger partial charge in [-0.1, -0.05) is 18.2 Å². The van der Waals surface area contributed by atoms with Crippen LogP contribution in [0.1, 0.15) is 16.9 Å². The lowest BCUT2D eigenvalue weighted by molar-refractivity contribution is -0.123. The van der Waals surface area contributed by atoms with Gasteiger partial charge in [-0.2, -0.15) is 0 Å². The highest BCUT2D eigenvalue weighted by Crippen LogP contribution is 2.35. The molecule has 0 saturated carbocycles. The van der Waals surface area contributed by atoms with Crippen LogP contribution in [0.25, 0.3) is 0 Å². The summed E-state index contributed by atoms with van der Waals surface area (Å²) in [6.07, 6.45) is 0.122. The van der Waals surface area contributed by atoms with Crippen LogP contribution < -0.4 is 19.7 Å². The second-order valence-electron chi connectivity index (χ2n) is 7.27. The minimum Gasteiger partial charge on any atom is -0.454 e. The molecule has 32 heavy (non-hydrogen) atoms. The van der Waals surface area contributed by atoms with E-state index in [1.54, 1.807) is 0 Å². The summed E-state index contributed by atoms with van der Waals surface area (Å²) in [7, 11) is 0. The Morgan fingerprint density at radius 2 is 1.97 bits per heavy atom. The number of hydrogen-bond acceptors (Lipinski definition) is 6. The van der Waals surface area contributed by atoms with Crippen molar-refractivity contribution in [2.45, 2.75) is 13.0 Å². The first kappa shape index (κ1) is 20.7. The average Bonchev–Trinajstić information content (AvgIpc) is 3.41. The molecular weight excluding hydrogens is 494 g/mol. The van der Waals surface area contributed by atoms with Crippen molar-refractivity contribution in [1.29, 1.82) is 0 Å². The van der Waals surface area contributed by atoms with Gasteiger partial charge < -0.3 is 19.7 Å². The van der Waals surface area contributed by atoms with Crippen molar-refractivity contribution in [3.63, 3.8) is 0 Å². The van der Waals surface area contributed by atoms with E-state index in [0.29, 0.717) is 35.1 Å². The number of ether oxygens (including phenoxy) is 2. The number of carbonyl (C=O) groups is 2. The summed E-state index contributed by atoms with van der Waals surface area (Å²) in [5.41, 5.74) is 2.88. The molecule has 0 aliphatic carbocycles. The number of thiophene rings is 1. The maximum atomic E-state index is 13.1. The van der Waals surface area contributed by atoms with E-state index in [1.165, 1.54) is 16.2 Å². The number of halogens is 1. The van der Waals surface area contributed by atoms with Crippen molar-refractivity contribution in [3.05, 3.63) is 68.8 Å². The zero-order valence-electron chi connectivity index (χ0n) is 16.8. The Morgan fingerprint density at radius 3 is 2.81 bits per heavy atom. The highest BCUT2D eigenvalue weighted by Gasteiger charge is 2.27. The number of nitrogens with one attached hydrogen (secondary N) is 1. The lowest BCUT2D eigenvalue weighted by Crippen LogP contribution is -2.40. The molecule has 0 saturated heterocycles. The Hall–Kier alpha value is -3.17. The monoisotopic (exact) mass is 511 g/mol. The molecule has 3 aromatic rings. The van der Waals surface area contributed by atoms with E-state index in [-0.39, 0.29) is 31.6 Å². The molecule has 3 heterocycles. The third-order valence-corrected chi connectivity index (χ3v) is 6.81. The highest BCUT2D eigenvalue weighted by atomic mass is 79.9. The predicted molar refractivity (Wildman–Crippen MR) is 126 cm³/mol. The number of nitrogens with zero attached hydrogens (tertiary/aromatic N) is 2. The lowest BCUT2D eigenvalue weighted by Gasteiger charge is -2.22. The molecule has 5 rings (SSSR count). The van der Waals surface area contributed by atoms with Crippen molar-refractivity contribution >= 4 is 56.2 Å². The Bertz CT molecular complexity index is 1240. The number of benzene rings is 2. The van der Waals surface area contributed by atoms with Gasteiger partial charge in [0.15, 0.2) is 11.5 Å². The fourth-order valence-corrected chi connectivity index (χ4v) is 4.95. The van der Waals surface area contributed by atoms with E-state index >= 15 is 0 Å². The number of carbonyl (C=O) groups excluding carboxylic acids is 2. The summed E-state index contributed by atoms with van der Waals surface area (Å²) in [5, 5.41) is 2.88. The fraction of sp³-hybridized carbons (Fsp3) is 0.174. The first-order valence-electron chi connectivity index (χ1n) is 9.95. The zero-order chi connectivity index (χ0) is 22.1. The van der Waals surface area contributed by atoms with Gasteiger partial charge in [0, 0.05) is 6.54 Å². The van der Waals surface area contributed by atoms with Crippen molar-refractivity contribution in [2.75, 3.05) is 18.2 Å². The van der Waals surface area contributed by atoms with Gasteiger partial charge in [0.1, 0.15) is 6.54 Å². The van der Waals surface area contributed by atoms with Crippen LogP contribution in [-0.2, 0) is 16.1 Å². The molecular formula is C23H18BrN3O4S. The first-order chi connectivity index (χ1) is 15.6. The molecule has 0 fully saturated rings. The number of hydrogen-bond donors (Lipinski definition) is 1. The van der Waals surface area contributed by atoms with Crippen molar-refractivity contribution in [2.24, 2.45) is 4.99 Å². The van der Waals surface area contributed by atoms with Gasteiger partial charge in [-0.25, -0.2) is 4.99 Å². The van der Waals surface area contributed by atoms with Crippen molar-refractivity contribution in [3.8, 4) is 11.5 Å². The molecule has 162 valence electrons. The molecule has 1 N–H and O–H groups in total. The minimum absolute atomic E-state index is 0.0860. The Labute approximate surface area is 196 Å². The molecule has 2 aliphatic heterocycles. The van der Waals surface area contributed by atoms with Crippen LogP contribution in [0.5, 0.6) is 11.5 Å².